The number of carbonyl (C=O) groups is 4. The van der Waals surface area contributed by atoms with Crippen LogP contribution in [0.4, 0.5) is 30.2 Å². The van der Waals surface area contributed by atoms with Gasteiger partial charge in [-0.15, -0.1) is 0 Å². The first-order chi connectivity index (χ1) is 34.5. The predicted molar refractivity (Wildman–Crippen MR) is 281 cm³/mol. The molecule has 11 nitrogen and oxygen atoms in total. The molecule has 5 N–H and O–H groups in total. The number of nitrogens with one attached hydrogen (secondary N) is 3. The number of para-hydroxylation sites is 4. The van der Waals surface area contributed by atoms with Gasteiger partial charge >= 0.3 is 12.1 Å². The maximum atomic E-state index is 13.0. The highest BCUT2D eigenvalue weighted by Gasteiger charge is 2.34. The van der Waals surface area contributed by atoms with Crippen molar-refractivity contribution in [2.75, 3.05) is 23.1 Å². The molecule has 9 aromatic carbocycles. The molecule has 0 aromatic heterocycles. The lowest BCUT2D eigenvalue weighted by molar-refractivity contribution is -0.137. The highest BCUT2D eigenvalue weighted by atomic mass is 79.9. The predicted octanol–water partition coefficient (Wildman–Crippen LogP) is 14.6. The smallest absolute Gasteiger partial charge is 0.418 e. The van der Waals surface area contributed by atoms with E-state index in [9.17, 15) is 42.6 Å². The summed E-state index contributed by atoms with van der Waals surface area (Å²) in [6.45, 7) is 1.70. The largest absolute Gasteiger partial charge is 0.507 e. The van der Waals surface area contributed by atoms with Gasteiger partial charge in [0.2, 0.25) is 0 Å². The molecule has 0 saturated carbocycles. The highest BCUT2D eigenvalue weighted by Crippen LogP contribution is 2.36. The first-order valence-electron chi connectivity index (χ1n) is 21.9. The first-order valence-corrected chi connectivity index (χ1v) is 23.5. The number of fused-ring (bicyclic) bond motifs is 3. The minimum atomic E-state index is -4.59. The molecule has 0 fully saturated rings. The van der Waals surface area contributed by atoms with Crippen molar-refractivity contribution < 1.29 is 52.0 Å². The van der Waals surface area contributed by atoms with Crippen LogP contribution in [0.1, 0.15) is 50.0 Å². The van der Waals surface area contributed by atoms with Gasteiger partial charge in [0.1, 0.15) is 23.0 Å². The number of phenols is 2. The van der Waals surface area contributed by atoms with E-state index in [1.54, 1.807) is 79.7 Å². The maximum Gasteiger partial charge on any atom is 0.418 e. The van der Waals surface area contributed by atoms with Gasteiger partial charge in [0.25, 0.3) is 17.7 Å². The van der Waals surface area contributed by atoms with Crippen LogP contribution < -0.4 is 25.4 Å². The van der Waals surface area contributed by atoms with Crippen molar-refractivity contribution in [1.29, 1.82) is 0 Å². The van der Waals surface area contributed by atoms with E-state index in [1.807, 2.05) is 66.7 Å². The van der Waals surface area contributed by atoms with E-state index >= 15 is 0 Å². The fourth-order valence-electron chi connectivity index (χ4n) is 7.24. The number of anilines is 3. The Kier molecular flexibility index (Phi) is 16.6. The number of ether oxygens (including phenoxy) is 2. The van der Waals surface area contributed by atoms with Crippen molar-refractivity contribution in [3.8, 4) is 23.0 Å². The molecule has 0 radical (unpaired) electrons. The molecule has 72 heavy (non-hydrogen) atoms. The van der Waals surface area contributed by atoms with Gasteiger partial charge in [-0.1, -0.05) is 114 Å². The molecule has 9 rings (SSSR count). The summed E-state index contributed by atoms with van der Waals surface area (Å²) in [4.78, 5) is 49.4. The summed E-state index contributed by atoms with van der Waals surface area (Å²) in [6.07, 6.45) is -4.37. The number of hydrogen-bond acceptors (Lipinski definition) is 8. The zero-order chi connectivity index (χ0) is 51.5. The quantitative estimate of drug-likeness (QED) is 0.0704. The van der Waals surface area contributed by atoms with Crippen molar-refractivity contribution >= 4 is 105 Å². The monoisotopic (exact) mass is 1100 g/mol. The molecule has 0 atom stereocenters. The lowest BCUT2D eigenvalue weighted by atomic mass is 10.0. The molecule has 0 aliphatic heterocycles. The zero-order valence-corrected chi connectivity index (χ0v) is 41.4. The average Bonchev–Trinajstić information content (AvgIpc) is 3.36. The third-order valence-corrected chi connectivity index (χ3v) is 12.0. The molecule has 9 aromatic rings. The Hall–Kier alpha value is -8.21. The highest BCUT2D eigenvalue weighted by molar-refractivity contribution is 9.10. The van der Waals surface area contributed by atoms with E-state index in [0.29, 0.717) is 22.5 Å². The number of alkyl halides is 3. The standard InChI is InChI=1S/C21H18BrNO4.C18H12F3NO2.C17H12BrNO2/c1-3-20(24)27-19-12-13-8-9-15(22)10-14(13)11-16(19)21(25)23-17-6-4-5-7-18(17)26-2;19-18(20,21)14-7-3-4-8-15(14)22-17(24)13-9-11-5-1-2-6-12(11)10-16(13)23;18-14-7-3-4-8-15(14)19-17(21)13-9-11-5-1-2-6-12(11)10-16(13)20/h4-12H,3H2,1-2H3,(H,23,25);1-10,23H,(H,22,24);1-10,20H,(H,19,21). The van der Waals surface area contributed by atoms with Crippen molar-refractivity contribution in [3.63, 3.8) is 0 Å². The van der Waals surface area contributed by atoms with Crippen molar-refractivity contribution in [1.82, 2.24) is 0 Å². The number of hydrogen-bond donors (Lipinski definition) is 5. The van der Waals surface area contributed by atoms with Gasteiger partial charge in [-0.3, -0.25) is 19.2 Å². The Morgan fingerprint density at radius 1 is 0.500 bits per heavy atom. The first kappa shape index (κ1) is 51.6. The second-order valence-electron chi connectivity index (χ2n) is 15.7. The fourth-order valence-corrected chi connectivity index (χ4v) is 8.01. The van der Waals surface area contributed by atoms with Crippen LogP contribution in [0, 0.1) is 0 Å². The molecule has 0 aliphatic rings. The summed E-state index contributed by atoms with van der Waals surface area (Å²) in [6, 6.07) is 49.0. The van der Waals surface area contributed by atoms with Crippen LogP contribution in [0.15, 0.2) is 185 Å². The third kappa shape index (κ3) is 12.8. The number of rotatable bonds is 9. The van der Waals surface area contributed by atoms with Gasteiger partial charge in [-0.05, 0) is 133 Å². The maximum absolute atomic E-state index is 13.0. The number of carbonyl (C=O) groups excluding carboxylic acids is 4. The van der Waals surface area contributed by atoms with Crippen molar-refractivity contribution in [2.45, 2.75) is 19.5 Å². The van der Waals surface area contributed by atoms with Gasteiger partial charge in [-0.25, -0.2) is 0 Å². The van der Waals surface area contributed by atoms with Crippen LogP contribution in [0.25, 0.3) is 32.3 Å². The van der Waals surface area contributed by atoms with Crippen LogP contribution in [0.3, 0.4) is 0 Å². The zero-order valence-electron chi connectivity index (χ0n) is 38.2. The Balaban J connectivity index is 0.000000160. The molecule has 0 spiro atoms. The van der Waals surface area contributed by atoms with Crippen LogP contribution >= 0.6 is 31.9 Å². The normalized spacial score (nSPS) is 10.8. The molecule has 3 amide bonds. The summed E-state index contributed by atoms with van der Waals surface area (Å²) in [5, 5.41) is 32.8. The average molecular weight is 1100 g/mol. The summed E-state index contributed by atoms with van der Waals surface area (Å²) < 4.78 is 51.3. The molecular weight excluding hydrogens is 1060 g/mol. The minimum Gasteiger partial charge on any atom is -0.507 e. The van der Waals surface area contributed by atoms with Gasteiger partial charge < -0.3 is 35.6 Å². The van der Waals surface area contributed by atoms with Crippen LogP contribution in [-0.2, 0) is 11.0 Å². The molecule has 0 heterocycles. The SMILES string of the molecule is CCC(=O)Oc1cc2ccc(Br)cc2cc1C(=O)Nc1ccccc1OC.O=C(Nc1ccccc1Br)c1cc2ccccc2cc1O.O=C(Nc1ccccc1C(F)(F)F)c1cc2ccccc2cc1O. The molecule has 0 aliphatic carbocycles. The molecule has 364 valence electrons. The molecular formula is C56H42Br2F3N3O8. The van der Waals surface area contributed by atoms with E-state index in [-0.39, 0.29) is 57.9 Å². The lowest BCUT2D eigenvalue weighted by Crippen LogP contribution is -2.16. The summed E-state index contributed by atoms with van der Waals surface area (Å²) >= 11 is 6.81. The van der Waals surface area contributed by atoms with Crippen LogP contribution in [0.5, 0.6) is 23.0 Å². The second kappa shape index (κ2) is 23.1. The second-order valence-corrected chi connectivity index (χ2v) is 17.5. The van der Waals surface area contributed by atoms with E-state index in [0.717, 1.165) is 41.9 Å². The third-order valence-electron chi connectivity index (χ3n) is 10.8. The van der Waals surface area contributed by atoms with Gasteiger partial charge in [-0.2, -0.15) is 13.2 Å². The summed E-state index contributed by atoms with van der Waals surface area (Å²) in [7, 11) is 1.53. The summed E-state index contributed by atoms with van der Waals surface area (Å²) in [5.74, 6) is -1.50. The van der Waals surface area contributed by atoms with Crippen molar-refractivity contribution in [2.24, 2.45) is 0 Å². The Morgan fingerprint density at radius 2 is 0.944 bits per heavy atom. The van der Waals surface area contributed by atoms with Crippen molar-refractivity contribution in [3.05, 3.63) is 207 Å². The van der Waals surface area contributed by atoms with E-state index in [4.69, 9.17) is 9.47 Å². The topological polar surface area (TPSA) is 163 Å². The number of esters is 1. The van der Waals surface area contributed by atoms with E-state index in [1.165, 1.54) is 37.4 Å². The van der Waals surface area contributed by atoms with Crippen LogP contribution in [-0.4, -0.2) is 41.0 Å². The van der Waals surface area contributed by atoms with Gasteiger partial charge in [0, 0.05) is 15.4 Å². The number of benzene rings is 9. The van der Waals surface area contributed by atoms with E-state index in [2.05, 4.69) is 47.8 Å². The minimum absolute atomic E-state index is 0.0294. The summed E-state index contributed by atoms with van der Waals surface area (Å²) in [5.41, 5.74) is 0.326. The number of halogens is 5. The Bertz CT molecular complexity index is 3500. The molecule has 16 heteroatoms. The van der Waals surface area contributed by atoms with Crippen LogP contribution in [0.2, 0.25) is 0 Å². The number of amides is 3. The van der Waals surface area contributed by atoms with Gasteiger partial charge in [0.15, 0.2) is 0 Å². The molecule has 0 unspecified atom stereocenters. The number of phenolic OH excluding ortho intramolecular Hbond substituents is 2. The van der Waals surface area contributed by atoms with Gasteiger partial charge in [0.05, 0.1) is 46.4 Å². The molecule has 0 bridgehead atoms. The Labute approximate surface area is 427 Å². The fraction of sp³-hybridized carbons (Fsp3) is 0.0714. The number of aromatic hydroxyl groups is 2. The lowest BCUT2D eigenvalue weighted by Gasteiger charge is -2.14. The Morgan fingerprint density at radius 3 is 1.50 bits per heavy atom. The van der Waals surface area contributed by atoms with E-state index < -0.39 is 23.6 Å². The molecule has 0 saturated heterocycles. The number of methoxy groups -OCH3 is 1.